The van der Waals surface area contributed by atoms with E-state index in [0.29, 0.717) is 5.56 Å². The number of nitro benzene ring substituents is 1. The largest absolute Gasteiger partial charge is 0.383 e. The Morgan fingerprint density at radius 1 is 1.28 bits per heavy atom. The lowest BCUT2D eigenvalue weighted by atomic mass is 10.1. The molecular weight excluding hydrogens is 230 g/mol. The second-order valence-electron chi connectivity index (χ2n) is 5.31. The maximum absolute atomic E-state index is 10.8. The van der Waals surface area contributed by atoms with E-state index in [1.165, 1.54) is 6.07 Å². The molecule has 5 heteroatoms. The highest BCUT2D eigenvalue weighted by atomic mass is 16.6. The average Bonchev–Trinajstić information content (AvgIpc) is 2.24. The number of hydrogen-bond acceptors (Lipinski definition) is 4. The van der Waals surface area contributed by atoms with Gasteiger partial charge in [-0.25, -0.2) is 0 Å². The van der Waals surface area contributed by atoms with Crippen molar-refractivity contribution in [1.82, 2.24) is 5.32 Å². The molecule has 18 heavy (non-hydrogen) atoms. The summed E-state index contributed by atoms with van der Waals surface area (Å²) in [6.45, 7) is 9.62. The molecule has 0 spiro atoms. The lowest BCUT2D eigenvalue weighted by molar-refractivity contribution is -0.385. The molecule has 0 aliphatic carbocycles. The number of nitro groups is 1. The summed E-state index contributed by atoms with van der Waals surface area (Å²) in [5, 5.41) is 17.4. The molecule has 0 aromatic heterocycles. The summed E-state index contributed by atoms with van der Waals surface area (Å²) in [6.07, 6.45) is 0. The van der Waals surface area contributed by atoms with Crippen molar-refractivity contribution >= 4 is 11.4 Å². The Bertz CT molecular complexity index is 425. The van der Waals surface area contributed by atoms with Crippen molar-refractivity contribution in [1.29, 1.82) is 0 Å². The fourth-order valence-corrected chi connectivity index (χ4v) is 1.65. The van der Waals surface area contributed by atoms with Gasteiger partial charge in [0.1, 0.15) is 0 Å². The summed E-state index contributed by atoms with van der Waals surface area (Å²) >= 11 is 0. The summed E-state index contributed by atoms with van der Waals surface area (Å²) in [4.78, 5) is 10.4. The van der Waals surface area contributed by atoms with Gasteiger partial charge < -0.3 is 10.6 Å². The molecule has 2 N–H and O–H groups in total. The number of nitrogens with zero attached hydrogens (tertiary/aromatic N) is 1. The molecule has 0 atom stereocenters. The first-order chi connectivity index (χ1) is 8.31. The second kappa shape index (κ2) is 5.82. The first-order valence-electron chi connectivity index (χ1n) is 6.04. The van der Waals surface area contributed by atoms with Gasteiger partial charge in [0.25, 0.3) is 5.69 Å². The SMILES string of the molecule is Cc1c(NCCNC(C)(C)C)cccc1[N+](=O)[O-]. The Hall–Kier alpha value is -1.62. The summed E-state index contributed by atoms with van der Waals surface area (Å²) < 4.78 is 0. The Labute approximate surface area is 108 Å². The summed E-state index contributed by atoms with van der Waals surface area (Å²) in [5.74, 6) is 0. The van der Waals surface area contributed by atoms with Crippen LogP contribution in [0.5, 0.6) is 0 Å². The molecule has 0 fully saturated rings. The Balaban J connectivity index is 2.58. The maximum Gasteiger partial charge on any atom is 0.274 e. The van der Waals surface area contributed by atoms with Crippen LogP contribution in [-0.4, -0.2) is 23.6 Å². The summed E-state index contributed by atoms with van der Waals surface area (Å²) in [6, 6.07) is 5.08. The average molecular weight is 251 g/mol. The first-order valence-corrected chi connectivity index (χ1v) is 6.04. The van der Waals surface area contributed by atoms with Gasteiger partial charge in [-0.2, -0.15) is 0 Å². The number of anilines is 1. The van der Waals surface area contributed by atoms with Crippen LogP contribution in [-0.2, 0) is 0 Å². The van der Waals surface area contributed by atoms with Crippen molar-refractivity contribution in [3.63, 3.8) is 0 Å². The van der Waals surface area contributed by atoms with E-state index < -0.39 is 0 Å². The quantitative estimate of drug-likeness (QED) is 0.479. The van der Waals surface area contributed by atoms with Crippen molar-refractivity contribution in [3.8, 4) is 0 Å². The van der Waals surface area contributed by atoms with Crippen LogP contribution in [0.2, 0.25) is 0 Å². The van der Waals surface area contributed by atoms with Gasteiger partial charge in [-0.1, -0.05) is 6.07 Å². The monoisotopic (exact) mass is 251 g/mol. The van der Waals surface area contributed by atoms with E-state index in [1.807, 2.05) is 6.07 Å². The normalized spacial score (nSPS) is 11.3. The summed E-state index contributed by atoms with van der Waals surface area (Å²) in [7, 11) is 0. The van der Waals surface area contributed by atoms with E-state index >= 15 is 0 Å². The fourth-order valence-electron chi connectivity index (χ4n) is 1.65. The molecule has 1 aromatic rings. The van der Waals surface area contributed by atoms with Crippen molar-refractivity contribution in [3.05, 3.63) is 33.9 Å². The number of benzene rings is 1. The van der Waals surface area contributed by atoms with Crippen molar-refractivity contribution in [2.75, 3.05) is 18.4 Å². The molecule has 0 radical (unpaired) electrons. The van der Waals surface area contributed by atoms with Crippen LogP contribution in [0.1, 0.15) is 26.3 Å². The molecule has 0 bridgehead atoms. The predicted molar refractivity (Wildman–Crippen MR) is 74.1 cm³/mol. The highest BCUT2D eigenvalue weighted by molar-refractivity contribution is 5.59. The van der Waals surface area contributed by atoms with Crippen LogP contribution in [0.15, 0.2) is 18.2 Å². The van der Waals surface area contributed by atoms with E-state index in [-0.39, 0.29) is 16.1 Å². The molecule has 0 aliphatic heterocycles. The van der Waals surface area contributed by atoms with E-state index in [1.54, 1.807) is 13.0 Å². The number of rotatable bonds is 5. The minimum atomic E-state index is -0.353. The molecule has 0 saturated heterocycles. The minimum absolute atomic E-state index is 0.0827. The van der Waals surface area contributed by atoms with Crippen LogP contribution in [0.4, 0.5) is 11.4 Å². The molecule has 1 rings (SSSR count). The van der Waals surface area contributed by atoms with Gasteiger partial charge in [-0.3, -0.25) is 10.1 Å². The molecule has 0 amide bonds. The molecule has 0 aliphatic rings. The van der Waals surface area contributed by atoms with Crippen molar-refractivity contribution in [2.24, 2.45) is 0 Å². The van der Waals surface area contributed by atoms with Gasteiger partial charge in [0.2, 0.25) is 0 Å². The zero-order chi connectivity index (χ0) is 13.8. The van der Waals surface area contributed by atoms with E-state index in [9.17, 15) is 10.1 Å². The van der Waals surface area contributed by atoms with Crippen LogP contribution in [0.3, 0.4) is 0 Å². The third kappa shape index (κ3) is 4.33. The standard InChI is InChI=1S/C13H21N3O2/c1-10-11(6-5-7-12(10)16(17)18)14-8-9-15-13(2,3)4/h5-7,14-15H,8-9H2,1-4H3. The first kappa shape index (κ1) is 14.4. The maximum atomic E-state index is 10.8. The van der Waals surface area contributed by atoms with Gasteiger partial charge in [-0.15, -0.1) is 0 Å². The van der Waals surface area contributed by atoms with Crippen LogP contribution < -0.4 is 10.6 Å². The second-order valence-corrected chi connectivity index (χ2v) is 5.31. The van der Waals surface area contributed by atoms with Gasteiger partial charge >= 0.3 is 0 Å². The molecule has 0 saturated carbocycles. The van der Waals surface area contributed by atoms with Crippen LogP contribution >= 0.6 is 0 Å². The molecular formula is C13H21N3O2. The summed E-state index contributed by atoms with van der Waals surface area (Å²) in [5.41, 5.74) is 1.74. The lowest BCUT2D eigenvalue weighted by Crippen LogP contribution is -2.38. The topological polar surface area (TPSA) is 67.2 Å². The Kier molecular flexibility index (Phi) is 4.67. The molecule has 0 unspecified atom stereocenters. The van der Waals surface area contributed by atoms with Gasteiger partial charge in [0.15, 0.2) is 0 Å². The van der Waals surface area contributed by atoms with E-state index in [0.717, 1.165) is 18.8 Å². The molecule has 0 heterocycles. The van der Waals surface area contributed by atoms with Crippen LogP contribution in [0.25, 0.3) is 0 Å². The number of nitrogens with one attached hydrogen (secondary N) is 2. The molecule has 100 valence electrons. The zero-order valence-corrected chi connectivity index (χ0v) is 11.4. The van der Waals surface area contributed by atoms with Gasteiger partial charge in [-0.05, 0) is 33.8 Å². The highest BCUT2D eigenvalue weighted by Crippen LogP contribution is 2.24. The third-order valence-electron chi connectivity index (χ3n) is 2.60. The molecule has 5 nitrogen and oxygen atoms in total. The van der Waals surface area contributed by atoms with E-state index in [2.05, 4.69) is 31.4 Å². The number of hydrogen-bond donors (Lipinski definition) is 2. The minimum Gasteiger partial charge on any atom is -0.383 e. The van der Waals surface area contributed by atoms with Crippen molar-refractivity contribution in [2.45, 2.75) is 33.2 Å². The van der Waals surface area contributed by atoms with Gasteiger partial charge in [0.05, 0.1) is 4.92 Å². The van der Waals surface area contributed by atoms with E-state index in [4.69, 9.17) is 0 Å². The lowest BCUT2D eigenvalue weighted by Gasteiger charge is -2.21. The molecule has 1 aromatic carbocycles. The van der Waals surface area contributed by atoms with Gasteiger partial charge in [0, 0.05) is 35.9 Å². The zero-order valence-electron chi connectivity index (χ0n) is 11.4. The Morgan fingerprint density at radius 2 is 1.94 bits per heavy atom. The third-order valence-corrected chi connectivity index (χ3v) is 2.60. The smallest absolute Gasteiger partial charge is 0.274 e. The highest BCUT2D eigenvalue weighted by Gasteiger charge is 2.13. The van der Waals surface area contributed by atoms with Crippen molar-refractivity contribution < 1.29 is 4.92 Å². The Morgan fingerprint density at radius 3 is 2.50 bits per heavy atom. The van der Waals surface area contributed by atoms with Crippen LogP contribution in [0, 0.1) is 17.0 Å². The predicted octanol–water partition coefficient (Wildman–Crippen LogP) is 2.70. The fraction of sp³-hybridized carbons (Fsp3) is 0.538.